The van der Waals surface area contributed by atoms with Gasteiger partial charge in [0.25, 0.3) is 0 Å². The van der Waals surface area contributed by atoms with Crippen molar-refractivity contribution >= 4 is 28.3 Å². The molecule has 1 aromatic heterocycles. The van der Waals surface area contributed by atoms with Crippen LogP contribution in [0.4, 0.5) is 5.82 Å². The van der Waals surface area contributed by atoms with Crippen LogP contribution in [0.5, 0.6) is 0 Å². The van der Waals surface area contributed by atoms with Gasteiger partial charge >= 0.3 is 0 Å². The summed E-state index contributed by atoms with van der Waals surface area (Å²) in [5.74, 6) is 0.911. The van der Waals surface area contributed by atoms with E-state index in [-0.39, 0.29) is 0 Å². The predicted molar refractivity (Wildman–Crippen MR) is 96.6 cm³/mol. The van der Waals surface area contributed by atoms with Crippen LogP contribution in [0.1, 0.15) is 25.7 Å². The summed E-state index contributed by atoms with van der Waals surface area (Å²) in [4.78, 5) is 11.3. The molecule has 24 heavy (non-hydrogen) atoms. The molecule has 128 valence electrons. The summed E-state index contributed by atoms with van der Waals surface area (Å²) in [5, 5.41) is 5.34. The lowest BCUT2D eigenvalue weighted by Gasteiger charge is -2.33. The predicted octanol–water partition coefficient (Wildman–Crippen LogP) is 3.34. The third-order valence-corrected chi connectivity index (χ3v) is 5.25. The summed E-state index contributed by atoms with van der Waals surface area (Å²) in [6.07, 6.45) is 6.75. The van der Waals surface area contributed by atoms with Crippen molar-refractivity contribution in [1.82, 2.24) is 14.9 Å². The number of piperidine rings is 1. The average molecular weight is 347 g/mol. The van der Waals surface area contributed by atoms with E-state index >= 15 is 0 Å². The van der Waals surface area contributed by atoms with Crippen molar-refractivity contribution in [3.63, 3.8) is 0 Å². The summed E-state index contributed by atoms with van der Waals surface area (Å²) in [6.45, 7) is 4.26. The molecule has 0 saturated carbocycles. The van der Waals surface area contributed by atoms with Crippen LogP contribution in [0.3, 0.4) is 0 Å². The molecule has 0 aliphatic carbocycles. The Morgan fingerprint density at radius 2 is 2.08 bits per heavy atom. The van der Waals surface area contributed by atoms with Crippen molar-refractivity contribution in [2.75, 3.05) is 31.6 Å². The number of benzene rings is 1. The van der Waals surface area contributed by atoms with Crippen LogP contribution < -0.4 is 5.32 Å². The van der Waals surface area contributed by atoms with Crippen molar-refractivity contribution in [3.05, 3.63) is 29.5 Å². The maximum atomic E-state index is 6.05. The molecule has 5 nitrogen and oxygen atoms in total. The van der Waals surface area contributed by atoms with Crippen molar-refractivity contribution < 1.29 is 4.74 Å². The van der Waals surface area contributed by atoms with Gasteiger partial charge in [0.05, 0.1) is 11.6 Å². The minimum absolute atomic E-state index is 0.449. The zero-order valence-corrected chi connectivity index (χ0v) is 14.5. The van der Waals surface area contributed by atoms with E-state index in [4.69, 9.17) is 16.3 Å². The molecule has 1 atom stereocenters. The second-order valence-electron chi connectivity index (χ2n) is 6.74. The second kappa shape index (κ2) is 7.21. The van der Waals surface area contributed by atoms with E-state index in [2.05, 4.69) is 20.2 Å². The molecule has 0 amide bonds. The molecule has 1 unspecified atom stereocenters. The number of anilines is 1. The number of hydrogen-bond donors (Lipinski definition) is 1. The van der Waals surface area contributed by atoms with Gasteiger partial charge in [-0.1, -0.05) is 11.6 Å². The first-order chi connectivity index (χ1) is 11.8. The van der Waals surface area contributed by atoms with Crippen LogP contribution in [0.15, 0.2) is 24.5 Å². The summed E-state index contributed by atoms with van der Waals surface area (Å²) >= 11 is 6.05. The van der Waals surface area contributed by atoms with Crippen LogP contribution in [0.25, 0.3) is 10.9 Å². The first-order valence-corrected chi connectivity index (χ1v) is 9.16. The minimum atomic E-state index is 0.449. The minimum Gasteiger partial charge on any atom is -0.377 e. The molecule has 2 fully saturated rings. The fraction of sp³-hybridized carbons (Fsp3) is 0.556. The fourth-order valence-electron chi connectivity index (χ4n) is 3.67. The topological polar surface area (TPSA) is 50.3 Å². The van der Waals surface area contributed by atoms with E-state index in [9.17, 15) is 0 Å². The van der Waals surface area contributed by atoms with Crippen molar-refractivity contribution in [1.29, 1.82) is 0 Å². The van der Waals surface area contributed by atoms with E-state index in [0.29, 0.717) is 17.2 Å². The van der Waals surface area contributed by atoms with Crippen molar-refractivity contribution in [2.45, 2.75) is 37.8 Å². The Kier molecular flexibility index (Phi) is 4.83. The highest BCUT2D eigenvalue weighted by molar-refractivity contribution is 6.31. The summed E-state index contributed by atoms with van der Waals surface area (Å²) < 4.78 is 5.75. The lowest BCUT2D eigenvalue weighted by molar-refractivity contribution is 0.0654. The van der Waals surface area contributed by atoms with Gasteiger partial charge in [0.15, 0.2) is 0 Å². The van der Waals surface area contributed by atoms with E-state index < -0.39 is 0 Å². The zero-order valence-electron chi connectivity index (χ0n) is 13.7. The van der Waals surface area contributed by atoms with Gasteiger partial charge in [-0.05, 0) is 43.9 Å². The van der Waals surface area contributed by atoms with Crippen LogP contribution in [0.2, 0.25) is 5.02 Å². The van der Waals surface area contributed by atoms with Gasteiger partial charge in [-0.2, -0.15) is 0 Å². The Labute approximate surface area is 147 Å². The highest BCUT2D eigenvalue weighted by atomic mass is 35.5. The lowest BCUT2D eigenvalue weighted by atomic mass is 10.0. The van der Waals surface area contributed by atoms with Crippen LogP contribution in [-0.4, -0.2) is 53.3 Å². The molecule has 3 heterocycles. The number of hydrogen-bond acceptors (Lipinski definition) is 5. The highest BCUT2D eigenvalue weighted by Gasteiger charge is 2.24. The number of aromatic nitrogens is 2. The van der Waals surface area contributed by atoms with Gasteiger partial charge in [-0.3, -0.25) is 0 Å². The number of ether oxygens (including phenoxy) is 1. The second-order valence-corrected chi connectivity index (χ2v) is 7.17. The van der Waals surface area contributed by atoms with E-state index in [1.54, 1.807) is 6.33 Å². The van der Waals surface area contributed by atoms with E-state index in [1.807, 2.05) is 18.2 Å². The number of halogens is 1. The van der Waals surface area contributed by atoms with E-state index in [1.165, 1.54) is 12.8 Å². The molecule has 4 rings (SSSR count). The third-order valence-electron chi connectivity index (χ3n) is 5.01. The zero-order chi connectivity index (χ0) is 16.4. The smallest absolute Gasteiger partial charge is 0.137 e. The number of likely N-dealkylation sites (tertiary alicyclic amines) is 1. The van der Waals surface area contributed by atoms with Gasteiger partial charge in [0, 0.05) is 42.7 Å². The average Bonchev–Trinajstić information content (AvgIpc) is 3.09. The molecule has 6 heteroatoms. The fourth-order valence-corrected chi connectivity index (χ4v) is 3.84. The molecule has 2 aromatic rings. The lowest BCUT2D eigenvalue weighted by Crippen LogP contribution is -2.42. The van der Waals surface area contributed by atoms with Gasteiger partial charge in [0.2, 0.25) is 0 Å². The quantitative estimate of drug-likeness (QED) is 0.920. The Hall–Kier alpha value is -1.43. The van der Waals surface area contributed by atoms with E-state index in [0.717, 1.165) is 55.8 Å². The first-order valence-electron chi connectivity index (χ1n) is 8.79. The molecule has 1 N–H and O–H groups in total. The molecule has 1 aromatic carbocycles. The van der Waals surface area contributed by atoms with Gasteiger partial charge < -0.3 is 15.0 Å². The van der Waals surface area contributed by atoms with Crippen LogP contribution in [0, 0.1) is 0 Å². The molecule has 2 saturated heterocycles. The van der Waals surface area contributed by atoms with Crippen LogP contribution in [-0.2, 0) is 4.74 Å². The highest BCUT2D eigenvalue weighted by Crippen LogP contribution is 2.25. The van der Waals surface area contributed by atoms with Crippen molar-refractivity contribution in [2.24, 2.45) is 0 Å². The summed E-state index contributed by atoms with van der Waals surface area (Å²) in [5.41, 5.74) is 0.885. The standard InChI is InChI=1S/C18H23ClN4O/c19-13-3-4-16-17(10-13)20-12-21-18(16)22-14-5-7-23(8-6-14)11-15-2-1-9-24-15/h3-4,10,12,14-15H,1-2,5-9,11H2,(H,20,21,22). The largest absolute Gasteiger partial charge is 0.377 e. The number of rotatable bonds is 4. The Balaban J connectivity index is 1.37. The third kappa shape index (κ3) is 3.63. The maximum absolute atomic E-state index is 6.05. The normalized spacial score (nSPS) is 23.0. The molecule has 0 spiro atoms. The van der Waals surface area contributed by atoms with Crippen LogP contribution >= 0.6 is 11.6 Å². The monoisotopic (exact) mass is 346 g/mol. The van der Waals surface area contributed by atoms with Gasteiger partial charge in [0.1, 0.15) is 12.1 Å². The summed E-state index contributed by atoms with van der Waals surface area (Å²) in [7, 11) is 0. The van der Waals surface area contributed by atoms with Crippen molar-refractivity contribution in [3.8, 4) is 0 Å². The Morgan fingerprint density at radius 1 is 1.21 bits per heavy atom. The number of nitrogens with zero attached hydrogens (tertiary/aromatic N) is 3. The summed E-state index contributed by atoms with van der Waals surface area (Å²) in [6, 6.07) is 6.22. The maximum Gasteiger partial charge on any atom is 0.137 e. The molecular weight excluding hydrogens is 324 g/mol. The molecule has 2 aliphatic heterocycles. The molecule has 0 radical (unpaired) electrons. The Morgan fingerprint density at radius 3 is 2.88 bits per heavy atom. The molecule has 2 aliphatic rings. The SMILES string of the molecule is Clc1ccc2c(NC3CCN(CC4CCCO4)CC3)ncnc2c1. The molecule has 0 bridgehead atoms. The van der Waals surface area contributed by atoms with Gasteiger partial charge in [-0.15, -0.1) is 0 Å². The number of fused-ring (bicyclic) bond motifs is 1. The first kappa shape index (κ1) is 16.1. The van der Waals surface area contributed by atoms with Gasteiger partial charge in [-0.25, -0.2) is 9.97 Å². The molecular formula is C18H23ClN4O. The Bertz CT molecular complexity index is 696. The number of nitrogens with one attached hydrogen (secondary N) is 1.